The normalized spacial score (nSPS) is 27.4. The molecule has 1 aromatic rings. The van der Waals surface area contributed by atoms with Gasteiger partial charge in [-0.15, -0.1) is 0 Å². The summed E-state index contributed by atoms with van der Waals surface area (Å²) in [7, 11) is 0. The van der Waals surface area contributed by atoms with Crippen LogP contribution in [-0.4, -0.2) is 32.4 Å². The number of fused-ring (bicyclic) bond motifs is 1. The minimum atomic E-state index is 0.505. The Morgan fingerprint density at radius 3 is 2.95 bits per heavy atom. The van der Waals surface area contributed by atoms with Crippen molar-refractivity contribution in [2.45, 2.75) is 38.1 Å². The Labute approximate surface area is 121 Å². The van der Waals surface area contributed by atoms with E-state index in [1.165, 1.54) is 18.4 Å². The van der Waals surface area contributed by atoms with Crippen molar-refractivity contribution in [1.82, 2.24) is 5.32 Å². The molecule has 20 heavy (non-hydrogen) atoms. The predicted molar refractivity (Wildman–Crippen MR) is 80.3 cm³/mol. The van der Waals surface area contributed by atoms with Crippen molar-refractivity contribution in [2.75, 3.05) is 26.4 Å². The molecule has 0 amide bonds. The van der Waals surface area contributed by atoms with Crippen LogP contribution < -0.4 is 10.1 Å². The minimum absolute atomic E-state index is 0.505. The van der Waals surface area contributed by atoms with Crippen LogP contribution in [0, 0.1) is 5.92 Å². The van der Waals surface area contributed by atoms with Crippen LogP contribution in [-0.2, 0) is 4.74 Å². The molecule has 1 N–H and O–H groups in total. The Balaban J connectivity index is 1.84. The Hall–Kier alpha value is -1.06. The van der Waals surface area contributed by atoms with E-state index in [0.717, 1.165) is 38.5 Å². The van der Waals surface area contributed by atoms with E-state index in [0.29, 0.717) is 17.9 Å². The van der Waals surface area contributed by atoms with Crippen LogP contribution in [0.2, 0.25) is 0 Å². The second-order valence-corrected chi connectivity index (χ2v) is 5.84. The summed E-state index contributed by atoms with van der Waals surface area (Å²) in [6, 6.07) is 9.02. The molecule has 1 fully saturated rings. The van der Waals surface area contributed by atoms with E-state index in [-0.39, 0.29) is 0 Å². The first kappa shape index (κ1) is 13.9. The first-order valence-electron chi connectivity index (χ1n) is 7.93. The number of benzene rings is 1. The standard InChI is InChI=1S/C17H25NO2/c1-2-18-17(13-6-5-10-19-12-13)15-9-11-20-16-8-4-3-7-14(15)16/h3-4,7-8,13,15,17-18H,2,5-6,9-12H2,1H3. The second kappa shape index (κ2) is 6.59. The molecule has 0 saturated carbocycles. The zero-order chi connectivity index (χ0) is 13.8. The summed E-state index contributed by atoms with van der Waals surface area (Å²) < 4.78 is 11.5. The molecular weight excluding hydrogens is 250 g/mol. The van der Waals surface area contributed by atoms with E-state index in [4.69, 9.17) is 9.47 Å². The molecule has 0 spiro atoms. The molecule has 3 unspecified atom stereocenters. The molecule has 0 radical (unpaired) electrons. The molecule has 2 heterocycles. The van der Waals surface area contributed by atoms with Gasteiger partial charge in [0.15, 0.2) is 0 Å². The highest BCUT2D eigenvalue weighted by Crippen LogP contribution is 2.39. The number of rotatable bonds is 4. The van der Waals surface area contributed by atoms with Crippen LogP contribution in [0.1, 0.15) is 37.7 Å². The lowest BCUT2D eigenvalue weighted by Crippen LogP contribution is -2.45. The third kappa shape index (κ3) is 2.84. The van der Waals surface area contributed by atoms with Gasteiger partial charge in [0.1, 0.15) is 5.75 Å². The van der Waals surface area contributed by atoms with Gasteiger partial charge < -0.3 is 14.8 Å². The van der Waals surface area contributed by atoms with Crippen molar-refractivity contribution < 1.29 is 9.47 Å². The summed E-state index contributed by atoms with van der Waals surface area (Å²) in [6.45, 7) is 5.87. The third-order valence-corrected chi connectivity index (χ3v) is 4.58. The highest BCUT2D eigenvalue weighted by molar-refractivity contribution is 5.38. The number of hydrogen-bond acceptors (Lipinski definition) is 3. The van der Waals surface area contributed by atoms with Gasteiger partial charge in [-0.2, -0.15) is 0 Å². The first-order valence-corrected chi connectivity index (χ1v) is 7.93. The van der Waals surface area contributed by atoms with Crippen LogP contribution in [0.15, 0.2) is 24.3 Å². The summed E-state index contributed by atoms with van der Waals surface area (Å²) in [5.41, 5.74) is 1.37. The number of nitrogens with one attached hydrogen (secondary N) is 1. The number of hydrogen-bond donors (Lipinski definition) is 1. The molecule has 2 aliphatic rings. The molecule has 3 heteroatoms. The van der Waals surface area contributed by atoms with Gasteiger partial charge >= 0.3 is 0 Å². The predicted octanol–water partition coefficient (Wildman–Crippen LogP) is 2.96. The zero-order valence-corrected chi connectivity index (χ0v) is 12.3. The van der Waals surface area contributed by atoms with Crippen LogP contribution in [0.25, 0.3) is 0 Å². The van der Waals surface area contributed by atoms with Crippen molar-refractivity contribution >= 4 is 0 Å². The van der Waals surface area contributed by atoms with Gasteiger partial charge in [0.05, 0.1) is 13.2 Å². The molecule has 0 aliphatic carbocycles. The van der Waals surface area contributed by atoms with Crippen molar-refractivity contribution in [3.63, 3.8) is 0 Å². The van der Waals surface area contributed by atoms with E-state index in [1.807, 2.05) is 0 Å². The molecule has 0 bridgehead atoms. The summed E-state index contributed by atoms with van der Waals surface area (Å²) in [5.74, 6) is 2.25. The third-order valence-electron chi connectivity index (χ3n) is 4.58. The maximum atomic E-state index is 5.81. The lowest BCUT2D eigenvalue weighted by molar-refractivity contribution is 0.0321. The van der Waals surface area contributed by atoms with Crippen molar-refractivity contribution in [1.29, 1.82) is 0 Å². The second-order valence-electron chi connectivity index (χ2n) is 5.84. The average molecular weight is 275 g/mol. The zero-order valence-electron chi connectivity index (χ0n) is 12.3. The highest BCUT2D eigenvalue weighted by Gasteiger charge is 2.34. The maximum Gasteiger partial charge on any atom is 0.122 e. The maximum absolute atomic E-state index is 5.81. The quantitative estimate of drug-likeness (QED) is 0.916. The average Bonchev–Trinajstić information content (AvgIpc) is 2.53. The Morgan fingerprint density at radius 2 is 2.15 bits per heavy atom. The van der Waals surface area contributed by atoms with E-state index in [2.05, 4.69) is 36.5 Å². The molecular formula is C17H25NO2. The molecule has 2 aliphatic heterocycles. The summed E-state index contributed by atoms with van der Waals surface area (Å²) in [4.78, 5) is 0. The fraction of sp³-hybridized carbons (Fsp3) is 0.647. The van der Waals surface area contributed by atoms with Crippen molar-refractivity contribution in [3.05, 3.63) is 29.8 Å². The number of ether oxygens (including phenoxy) is 2. The van der Waals surface area contributed by atoms with Crippen molar-refractivity contribution in [3.8, 4) is 5.75 Å². The number of likely N-dealkylation sites (N-methyl/N-ethyl adjacent to an activating group) is 1. The van der Waals surface area contributed by atoms with Gasteiger partial charge in [0.25, 0.3) is 0 Å². The molecule has 110 valence electrons. The highest BCUT2D eigenvalue weighted by atomic mass is 16.5. The topological polar surface area (TPSA) is 30.5 Å². The molecule has 1 aromatic carbocycles. The van der Waals surface area contributed by atoms with E-state index >= 15 is 0 Å². The lowest BCUT2D eigenvalue weighted by atomic mass is 9.78. The Bertz CT molecular complexity index is 429. The molecule has 0 aromatic heterocycles. The van der Waals surface area contributed by atoms with E-state index in [1.54, 1.807) is 0 Å². The van der Waals surface area contributed by atoms with Gasteiger partial charge in [0.2, 0.25) is 0 Å². The number of para-hydroxylation sites is 1. The largest absolute Gasteiger partial charge is 0.493 e. The molecule has 1 saturated heterocycles. The smallest absolute Gasteiger partial charge is 0.122 e. The Morgan fingerprint density at radius 1 is 1.25 bits per heavy atom. The Kier molecular flexibility index (Phi) is 4.58. The van der Waals surface area contributed by atoms with Gasteiger partial charge in [-0.3, -0.25) is 0 Å². The fourth-order valence-corrected chi connectivity index (χ4v) is 3.66. The summed E-state index contributed by atoms with van der Waals surface area (Å²) >= 11 is 0. The van der Waals surface area contributed by atoms with Crippen LogP contribution in [0.5, 0.6) is 5.75 Å². The van der Waals surface area contributed by atoms with Crippen molar-refractivity contribution in [2.24, 2.45) is 5.92 Å². The van der Waals surface area contributed by atoms with Gasteiger partial charge in [-0.05, 0) is 43.4 Å². The van der Waals surface area contributed by atoms with Crippen LogP contribution in [0.4, 0.5) is 0 Å². The van der Waals surface area contributed by atoms with E-state index < -0.39 is 0 Å². The van der Waals surface area contributed by atoms with Crippen LogP contribution in [0.3, 0.4) is 0 Å². The fourth-order valence-electron chi connectivity index (χ4n) is 3.66. The first-order chi connectivity index (χ1) is 9.90. The molecule has 3 atom stereocenters. The van der Waals surface area contributed by atoms with Gasteiger partial charge in [0, 0.05) is 18.6 Å². The molecule has 3 rings (SSSR count). The lowest BCUT2D eigenvalue weighted by Gasteiger charge is -2.39. The van der Waals surface area contributed by atoms with Gasteiger partial charge in [-0.25, -0.2) is 0 Å². The SMILES string of the molecule is CCNC(C1CCCOC1)C1CCOc2ccccc21. The van der Waals surface area contributed by atoms with E-state index in [9.17, 15) is 0 Å². The molecule has 3 nitrogen and oxygen atoms in total. The van der Waals surface area contributed by atoms with Gasteiger partial charge in [-0.1, -0.05) is 25.1 Å². The minimum Gasteiger partial charge on any atom is -0.493 e. The summed E-state index contributed by atoms with van der Waals surface area (Å²) in [6.07, 6.45) is 3.57. The monoisotopic (exact) mass is 275 g/mol. The van der Waals surface area contributed by atoms with Crippen LogP contribution >= 0.6 is 0 Å². The summed E-state index contributed by atoms with van der Waals surface area (Å²) in [5, 5.41) is 3.73.